The van der Waals surface area contributed by atoms with Crippen LogP contribution in [0.5, 0.6) is 0 Å². The van der Waals surface area contributed by atoms with Crippen molar-refractivity contribution in [2.75, 3.05) is 0 Å². The number of rotatable bonds is 5. The molecule has 108 valence electrons. The number of hydrogen-bond donors (Lipinski definition) is 1. The summed E-state index contributed by atoms with van der Waals surface area (Å²) in [5.41, 5.74) is 0.886. The highest BCUT2D eigenvalue weighted by Crippen LogP contribution is 2.19. The monoisotopic (exact) mass is 346 g/mol. The number of hydrogen-bond acceptors (Lipinski definition) is 3. The fourth-order valence-corrected chi connectivity index (χ4v) is 2.01. The van der Waals surface area contributed by atoms with Gasteiger partial charge in [-0.15, -0.1) is 0 Å². The van der Waals surface area contributed by atoms with Crippen molar-refractivity contribution in [3.63, 3.8) is 0 Å². The van der Waals surface area contributed by atoms with Crippen molar-refractivity contribution in [1.29, 1.82) is 0 Å². The van der Waals surface area contributed by atoms with E-state index in [0.29, 0.717) is 12.2 Å². The van der Waals surface area contributed by atoms with Gasteiger partial charge in [0.15, 0.2) is 0 Å². The molecule has 0 aliphatic carbocycles. The van der Waals surface area contributed by atoms with Gasteiger partial charge in [-0.25, -0.2) is 4.79 Å². The maximum absolute atomic E-state index is 10.8. The van der Waals surface area contributed by atoms with E-state index in [1.807, 2.05) is 42.5 Å². The Morgan fingerprint density at radius 1 is 1.14 bits per heavy atom. The van der Waals surface area contributed by atoms with E-state index in [4.69, 9.17) is 4.74 Å². The number of carbonyl (C=O) groups excluding carboxylic acids is 1. The molecule has 1 N–H and O–H groups in total. The summed E-state index contributed by atoms with van der Waals surface area (Å²) in [6.45, 7) is 0. The number of carbonyl (C=O) groups is 1. The van der Waals surface area contributed by atoms with Gasteiger partial charge in [-0.1, -0.05) is 52.4 Å². The molecule has 0 amide bonds. The third-order valence-corrected chi connectivity index (χ3v) is 3.36. The van der Waals surface area contributed by atoms with Crippen molar-refractivity contribution < 1.29 is 14.6 Å². The quantitative estimate of drug-likeness (QED) is 0.647. The lowest BCUT2D eigenvalue weighted by Gasteiger charge is -2.07. The molecule has 0 bridgehead atoms. The van der Waals surface area contributed by atoms with Crippen LogP contribution in [0.2, 0.25) is 0 Å². The van der Waals surface area contributed by atoms with Gasteiger partial charge in [0.1, 0.15) is 5.76 Å². The van der Waals surface area contributed by atoms with Crippen molar-refractivity contribution in [1.82, 2.24) is 0 Å². The fourth-order valence-electron chi connectivity index (χ4n) is 1.75. The molecule has 1 heterocycles. The highest BCUT2D eigenvalue weighted by Gasteiger charge is 2.07. The number of benzene rings is 1. The Kier molecular flexibility index (Phi) is 5.72. The summed E-state index contributed by atoms with van der Waals surface area (Å²) in [5, 5.41) is 10.0. The van der Waals surface area contributed by atoms with E-state index in [1.165, 1.54) is 6.08 Å². The van der Waals surface area contributed by atoms with E-state index in [-0.39, 0.29) is 5.97 Å². The molecule has 1 aromatic carbocycles. The second-order valence-corrected chi connectivity index (χ2v) is 5.36. The van der Waals surface area contributed by atoms with E-state index in [1.54, 1.807) is 18.2 Å². The first-order valence-corrected chi connectivity index (χ1v) is 7.31. The molecular formula is C17H15BrO3. The molecule has 0 unspecified atom stereocenters. The summed E-state index contributed by atoms with van der Waals surface area (Å²) in [4.78, 5) is 10.8. The van der Waals surface area contributed by atoms with Gasteiger partial charge < -0.3 is 9.84 Å². The molecule has 1 aromatic rings. The zero-order valence-corrected chi connectivity index (χ0v) is 12.9. The molecule has 1 aliphatic rings. The predicted molar refractivity (Wildman–Crippen MR) is 85.3 cm³/mol. The van der Waals surface area contributed by atoms with Gasteiger partial charge in [-0.2, -0.15) is 0 Å². The second-order valence-electron chi connectivity index (χ2n) is 4.44. The van der Waals surface area contributed by atoms with Gasteiger partial charge in [-0.05, 0) is 36.3 Å². The number of allylic oxidation sites excluding steroid dienone is 5. The van der Waals surface area contributed by atoms with Gasteiger partial charge in [0.05, 0.1) is 6.10 Å². The molecule has 0 fully saturated rings. The van der Waals surface area contributed by atoms with Gasteiger partial charge in [0.2, 0.25) is 0 Å². The largest absolute Gasteiger partial charge is 0.423 e. The van der Waals surface area contributed by atoms with Crippen LogP contribution in [-0.2, 0) is 9.53 Å². The molecule has 0 saturated carbocycles. The van der Waals surface area contributed by atoms with Crippen molar-refractivity contribution >= 4 is 21.9 Å². The number of aliphatic hydroxyl groups excluding tert-OH is 1. The Balaban J connectivity index is 1.78. The maximum atomic E-state index is 10.8. The van der Waals surface area contributed by atoms with Crippen LogP contribution >= 0.6 is 15.9 Å². The minimum atomic E-state index is -0.514. The number of aliphatic hydroxyl groups is 1. The number of cyclic esters (lactones) is 1. The van der Waals surface area contributed by atoms with Crippen LogP contribution in [0.3, 0.4) is 0 Å². The second kappa shape index (κ2) is 7.76. The molecule has 2 rings (SSSR count). The van der Waals surface area contributed by atoms with E-state index >= 15 is 0 Å². The third-order valence-electron chi connectivity index (χ3n) is 2.84. The summed E-state index contributed by atoms with van der Waals surface area (Å²) < 4.78 is 5.86. The first kappa shape index (κ1) is 15.5. The van der Waals surface area contributed by atoms with Crippen molar-refractivity contribution in [2.24, 2.45) is 0 Å². The predicted octanol–water partition coefficient (Wildman–Crippen LogP) is 3.98. The number of halogens is 1. The first-order valence-electron chi connectivity index (χ1n) is 6.52. The lowest BCUT2D eigenvalue weighted by Crippen LogP contribution is -1.94. The lowest BCUT2D eigenvalue weighted by atomic mass is 10.1. The smallest absolute Gasteiger partial charge is 0.336 e. The number of ether oxygens (including phenoxy) is 1. The van der Waals surface area contributed by atoms with Crippen LogP contribution in [0.25, 0.3) is 0 Å². The Labute approximate surface area is 132 Å². The standard InChI is InChI=1S/C17H15BrO3/c18-14-9-7-13(8-10-14)16(19)6-4-2-1-3-5-15-11-12-17(20)21-15/h1-5,7-12,16,19H,6H2/b3-1+,4-2+,15-5-/t16-/m1/s1. The molecule has 0 saturated heterocycles. The van der Waals surface area contributed by atoms with E-state index in [2.05, 4.69) is 15.9 Å². The lowest BCUT2D eigenvalue weighted by molar-refractivity contribution is -0.132. The zero-order chi connectivity index (χ0) is 15.1. The first-order chi connectivity index (χ1) is 10.1. The summed E-state index contributed by atoms with van der Waals surface area (Å²) >= 11 is 3.36. The van der Waals surface area contributed by atoms with Gasteiger partial charge in [-0.3, -0.25) is 0 Å². The van der Waals surface area contributed by atoms with Crippen LogP contribution < -0.4 is 0 Å². The molecule has 0 aromatic heterocycles. The van der Waals surface area contributed by atoms with E-state index in [0.717, 1.165) is 10.0 Å². The molecule has 0 radical (unpaired) electrons. The van der Waals surface area contributed by atoms with Crippen LogP contribution in [0.4, 0.5) is 0 Å². The molecule has 4 heteroatoms. The summed E-state index contributed by atoms with van der Waals surface area (Å²) in [6.07, 6.45) is 12.1. The summed E-state index contributed by atoms with van der Waals surface area (Å²) in [7, 11) is 0. The Hall–Kier alpha value is -1.91. The summed E-state index contributed by atoms with van der Waals surface area (Å²) in [6, 6.07) is 7.60. The van der Waals surface area contributed by atoms with E-state index in [9.17, 15) is 9.90 Å². The van der Waals surface area contributed by atoms with Crippen LogP contribution in [0, 0.1) is 0 Å². The molecule has 21 heavy (non-hydrogen) atoms. The Morgan fingerprint density at radius 2 is 1.90 bits per heavy atom. The average molecular weight is 347 g/mol. The SMILES string of the molecule is O=C1C=C/C(=C/C=C/C=C/C[C@@H](O)c2ccc(Br)cc2)O1. The van der Waals surface area contributed by atoms with Crippen molar-refractivity contribution in [3.05, 3.63) is 82.6 Å². The molecule has 1 atom stereocenters. The Morgan fingerprint density at radius 3 is 2.57 bits per heavy atom. The normalized spacial score (nSPS) is 18.0. The highest BCUT2D eigenvalue weighted by atomic mass is 79.9. The van der Waals surface area contributed by atoms with Crippen LogP contribution in [-0.4, -0.2) is 11.1 Å². The topological polar surface area (TPSA) is 46.5 Å². The van der Waals surface area contributed by atoms with Crippen molar-refractivity contribution in [2.45, 2.75) is 12.5 Å². The highest BCUT2D eigenvalue weighted by molar-refractivity contribution is 9.10. The molecule has 3 nitrogen and oxygen atoms in total. The fraction of sp³-hybridized carbons (Fsp3) is 0.118. The van der Waals surface area contributed by atoms with Crippen LogP contribution in [0.15, 0.2) is 77.0 Å². The van der Waals surface area contributed by atoms with Crippen LogP contribution in [0.1, 0.15) is 18.1 Å². The molecule has 0 spiro atoms. The maximum Gasteiger partial charge on any atom is 0.336 e. The number of esters is 1. The minimum absolute atomic E-state index is 0.345. The molecular weight excluding hydrogens is 332 g/mol. The van der Waals surface area contributed by atoms with Gasteiger partial charge >= 0.3 is 5.97 Å². The Bertz CT molecular complexity index is 609. The summed E-state index contributed by atoms with van der Waals surface area (Å²) in [5.74, 6) is 0.183. The zero-order valence-electron chi connectivity index (χ0n) is 11.3. The van der Waals surface area contributed by atoms with Gasteiger partial charge in [0, 0.05) is 10.5 Å². The third kappa shape index (κ3) is 5.17. The van der Waals surface area contributed by atoms with Gasteiger partial charge in [0.25, 0.3) is 0 Å². The molecule has 1 aliphatic heterocycles. The van der Waals surface area contributed by atoms with E-state index < -0.39 is 6.10 Å². The average Bonchev–Trinajstić information content (AvgIpc) is 2.89. The van der Waals surface area contributed by atoms with Crippen molar-refractivity contribution in [3.8, 4) is 0 Å². The minimum Gasteiger partial charge on any atom is -0.423 e.